The van der Waals surface area contributed by atoms with Gasteiger partial charge in [-0.3, -0.25) is 24.0 Å². The van der Waals surface area contributed by atoms with Crippen molar-refractivity contribution in [2.75, 3.05) is 25.8 Å². The van der Waals surface area contributed by atoms with E-state index in [1.165, 1.54) is 0 Å². The monoisotopic (exact) mass is 534 g/mol. The number of aromatic hydroxyl groups is 1. The summed E-state index contributed by atoms with van der Waals surface area (Å²) < 4.78 is 10.8. The molecule has 0 radical (unpaired) electrons. The Labute approximate surface area is 222 Å². The Balaban J connectivity index is 1.48. The van der Waals surface area contributed by atoms with Crippen molar-refractivity contribution >= 4 is 34.7 Å². The number of phenolic OH excluding ortho intramolecular Hbond substituents is 1. The SMILES string of the molecule is CN(C)c1cc(-c2ccc3c(c2)OCO3)c(O)c2c1C[C@H]1C[C@H]3CC(=O)C(C(N)=O)C(=O)[C@@]3(O)C(=O)C1C2=O. The van der Waals surface area contributed by atoms with Crippen LogP contribution in [0.15, 0.2) is 24.3 Å². The number of hydrogen-bond donors (Lipinski definition) is 3. The summed E-state index contributed by atoms with van der Waals surface area (Å²) in [6.45, 7) is 0.0619. The number of ketones is 4. The second kappa shape index (κ2) is 8.37. The third kappa shape index (κ3) is 3.35. The van der Waals surface area contributed by atoms with E-state index in [2.05, 4.69) is 0 Å². The molecule has 2 saturated carbocycles. The first-order valence-electron chi connectivity index (χ1n) is 12.6. The van der Waals surface area contributed by atoms with E-state index < -0.39 is 58.3 Å². The number of amides is 1. The molecule has 202 valence electrons. The summed E-state index contributed by atoms with van der Waals surface area (Å²) in [4.78, 5) is 67.1. The zero-order valence-electron chi connectivity index (χ0n) is 21.2. The van der Waals surface area contributed by atoms with Crippen LogP contribution in [0.2, 0.25) is 0 Å². The lowest BCUT2D eigenvalue weighted by molar-refractivity contribution is -0.175. The molecule has 3 aliphatic carbocycles. The van der Waals surface area contributed by atoms with Crippen molar-refractivity contribution in [3.63, 3.8) is 0 Å². The number of nitrogens with zero attached hydrogens (tertiary/aromatic N) is 1. The number of hydrogen-bond acceptors (Lipinski definition) is 10. The Bertz CT molecular complexity index is 1510. The Morgan fingerprint density at radius 2 is 1.77 bits per heavy atom. The first kappa shape index (κ1) is 25.1. The highest BCUT2D eigenvalue weighted by molar-refractivity contribution is 6.31. The summed E-state index contributed by atoms with van der Waals surface area (Å²) >= 11 is 0. The molecule has 6 rings (SSSR count). The van der Waals surface area contributed by atoms with Gasteiger partial charge in [0.25, 0.3) is 0 Å². The quantitative estimate of drug-likeness (QED) is 0.478. The normalized spacial score (nSPS) is 29.0. The zero-order chi connectivity index (χ0) is 28.0. The standard InChI is InChI=1S/C28H26N2O9/c1-30(2)16-9-14(11-3-4-18-19(7-11)39-10-38-18)23(32)21-15(16)6-12-5-13-8-17(31)22(27(29)36)26(35)28(13,37)25(34)20(12)24(21)33/h3-4,7,9,12-13,20,22,32,37H,5-6,8,10H2,1-2H3,(H2,29,36)/t12-,13+,20?,22?,28+/m1/s1. The van der Waals surface area contributed by atoms with E-state index in [4.69, 9.17) is 15.2 Å². The number of rotatable bonds is 3. The van der Waals surface area contributed by atoms with Gasteiger partial charge in [-0.15, -0.1) is 0 Å². The van der Waals surface area contributed by atoms with E-state index in [1.54, 1.807) is 43.3 Å². The molecule has 4 N–H and O–H groups in total. The molecular formula is C28H26N2O9. The molecule has 11 heteroatoms. The summed E-state index contributed by atoms with van der Waals surface area (Å²) in [7, 11) is 3.58. The Kier molecular flexibility index (Phi) is 5.38. The predicted octanol–water partition coefficient (Wildman–Crippen LogP) is 0.789. The molecule has 1 heterocycles. The molecule has 2 fully saturated rings. The van der Waals surface area contributed by atoms with Crippen LogP contribution in [-0.2, 0) is 25.6 Å². The van der Waals surface area contributed by atoms with E-state index in [-0.39, 0.29) is 37.4 Å². The average molecular weight is 535 g/mol. The van der Waals surface area contributed by atoms with Gasteiger partial charge in [0.2, 0.25) is 12.7 Å². The van der Waals surface area contributed by atoms with E-state index in [0.29, 0.717) is 33.9 Å². The van der Waals surface area contributed by atoms with Crippen LogP contribution in [0.5, 0.6) is 17.2 Å². The van der Waals surface area contributed by atoms with Crippen molar-refractivity contribution in [1.29, 1.82) is 0 Å². The third-order valence-electron chi connectivity index (χ3n) is 8.54. The van der Waals surface area contributed by atoms with Gasteiger partial charge in [0.1, 0.15) is 5.75 Å². The molecule has 0 saturated heterocycles. The van der Waals surface area contributed by atoms with Crippen LogP contribution in [0.25, 0.3) is 11.1 Å². The van der Waals surface area contributed by atoms with Crippen molar-refractivity contribution in [3.05, 3.63) is 35.4 Å². The van der Waals surface area contributed by atoms with Crippen LogP contribution in [-0.4, -0.2) is 65.7 Å². The van der Waals surface area contributed by atoms with Gasteiger partial charge in [-0.25, -0.2) is 0 Å². The lowest BCUT2D eigenvalue weighted by Gasteiger charge is -2.48. The van der Waals surface area contributed by atoms with Crippen LogP contribution in [0.4, 0.5) is 5.69 Å². The second-order valence-corrected chi connectivity index (χ2v) is 10.8. The Morgan fingerprint density at radius 3 is 2.46 bits per heavy atom. The molecule has 1 amide bonds. The van der Waals surface area contributed by atoms with Crippen LogP contribution < -0.4 is 20.1 Å². The van der Waals surface area contributed by atoms with E-state index in [9.17, 15) is 34.2 Å². The predicted molar refractivity (Wildman–Crippen MR) is 134 cm³/mol. The number of carbonyl (C=O) groups excluding carboxylic acids is 5. The van der Waals surface area contributed by atoms with E-state index in [1.807, 2.05) is 0 Å². The molecule has 2 aromatic rings. The number of benzene rings is 2. The topological polar surface area (TPSA) is 174 Å². The lowest BCUT2D eigenvalue weighted by Crippen LogP contribution is -2.68. The Morgan fingerprint density at radius 1 is 1.05 bits per heavy atom. The van der Waals surface area contributed by atoms with Crippen molar-refractivity contribution in [3.8, 4) is 28.4 Å². The highest BCUT2D eigenvalue weighted by Gasteiger charge is 2.66. The number of phenols is 1. The maximum absolute atomic E-state index is 14.0. The van der Waals surface area contributed by atoms with Gasteiger partial charge in [0.05, 0.1) is 11.5 Å². The number of carbonyl (C=O) groups is 5. The molecule has 0 spiro atoms. The fraction of sp³-hybridized carbons (Fsp3) is 0.393. The largest absolute Gasteiger partial charge is 0.507 e. The molecule has 1 aliphatic heterocycles. The number of primary amides is 1. The lowest BCUT2D eigenvalue weighted by atomic mass is 9.53. The van der Waals surface area contributed by atoms with Crippen molar-refractivity contribution in [2.24, 2.45) is 29.4 Å². The number of ether oxygens (including phenoxy) is 2. The summed E-state index contributed by atoms with van der Waals surface area (Å²) in [6, 6.07) is 6.84. The van der Waals surface area contributed by atoms with Crippen LogP contribution in [0, 0.1) is 23.7 Å². The smallest absolute Gasteiger partial charge is 0.235 e. The number of nitrogens with two attached hydrogens (primary N) is 1. The number of Topliss-reactive ketones (excluding diaryl/α,β-unsaturated/α-hetero) is 4. The van der Waals surface area contributed by atoms with E-state index >= 15 is 0 Å². The first-order valence-corrected chi connectivity index (χ1v) is 12.6. The van der Waals surface area contributed by atoms with Gasteiger partial charge in [0, 0.05) is 37.7 Å². The number of anilines is 1. The van der Waals surface area contributed by atoms with Gasteiger partial charge in [-0.1, -0.05) is 6.07 Å². The molecule has 11 nitrogen and oxygen atoms in total. The number of aliphatic hydroxyl groups is 1. The minimum atomic E-state index is -2.68. The molecule has 0 bridgehead atoms. The van der Waals surface area contributed by atoms with Gasteiger partial charge in [-0.05, 0) is 48.1 Å². The highest BCUT2D eigenvalue weighted by Crippen LogP contribution is 2.53. The maximum atomic E-state index is 14.0. The van der Waals surface area contributed by atoms with Gasteiger partial charge in [-0.2, -0.15) is 0 Å². The summed E-state index contributed by atoms with van der Waals surface area (Å²) in [5, 5.41) is 22.8. The van der Waals surface area contributed by atoms with Crippen LogP contribution >= 0.6 is 0 Å². The summed E-state index contributed by atoms with van der Waals surface area (Å²) in [6.07, 6.45) is -0.131. The zero-order valence-corrected chi connectivity index (χ0v) is 21.2. The molecule has 39 heavy (non-hydrogen) atoms. The highest BCUT2D eigenvalue weighted by atomic mass is 16.7. The van der Waals surface area contributed by atoms with Gasteiger partial charge < -0.3 is 30.3 Å². The fourth-order valence-corrected chi connectivity index (χ4v) is 6.70. The molecule has 2 unspecified atom stereocenters. The minimum Gasteiger partial charge on any atom is -0.507 e. The van der Waals surface area contributed by atoms with Crippen molar-refractivity contribution in [2.45, 2.75) is 24.9 Å². The molecule has 5 atom stereocenters. The van der Waals surface area contributed by atoms with Crippen molar-refractivity contribution in [1.82, 2.24) is 0 Å². The molecule has 2 aromatic carbocycles. The molecular weight excluding hydrogens is 508 g/mol. The third-order valence-corrected chi connectivity index (χ3v) is 8.54. The number of fused-ring (bicyclic) bond motifs is 4. The maximum Gasteiger partial charge on any atom is 0.235 e. The second-order valence-electron chi connectivity index (χ2n) is 10.8. The van der Waals surface area contributed by atoms with Gasteiger partial charge >= 0.3 is 0 Å². The summed E-state index contributed by atoms with van der Waals surface area (Å²) in [5.74, 6) is -9.39. The van der Waals surface area contributed by atoms with Crippen LogP contribution in [0.1, 0.15) is 28.8 Å². The Hall–Kier alpha value is -4.25. The molecule has 4 aliphatic rings. The van der Waals surface area contributed by atoms with E-state index in [0.717, 1.165) is 0 Å². The fourth-order valence-electron chi connectivity index (χ4n) is 6.70. The van der Waals surface area contributed by atoms with Gasteiger partial charge in [0.15, 0.2) is 46.2 Å². The summed E-state index contributed by atoms with van der Waals surface area (Å²) in [5.41, 5.74) is 4.57. The average Bonchev–Trinajstić information content (AvgIpc) is 3.34. The molecule has 0 aromatic heterocycles. The van der Waals surface area contributed by atoms with Crippen molar-refractivity contribution < 1.29 is 43.7 Å². The minimum absolute atomic E-state index is 0.0403. The first-order chi connectivity index (χ1) is 18.4. The van der Waals surface area contributed by atoms with Crippen LogP contribution in [0.3, 0.4) is 0 Å².